The molecule has 0 aliphatic rings. The standard InChI is InChI=1S/C12H11IN2O3/c1-2-9-10(16)14-12(18)15(11(9)17)8-5-3-4-7(13)6-8/h3-6,17H,2H2,1H3,(H,14,16,18). The SMILES string of the molecule is CCc1c(O)n(-c2cccc(I)c2)c(=O)[nH]c1=O. The predicted octanol–water partition coefficient (Wildman–Crippen LogP) is 1.40. The van der Waals surface area contributed by atoms with Crippen molar-refractivity contribution in [1.29, 1.82) is 0 Å². The van der Waals surface area contributed by atoms with E-state index in [0.29, 0.717) is 12.1 Å². The van der Waals surface area contributed by atoms with Crippen molar-refractivity contribution < 1.29 is 5.11 Å². The van der Waals surface area contributed by atoms with Gasteiger partial charge in [0.05, 0.1) is 11.3 Å². The summed E-state index contributed by atoms with van der Waals surface area (Å²) < 4.78 is 2.03. The van der Waals surface area contributed by atoms with Gasteiger partial charge in [0.1, 0.15) is 0 Å². The van der Waals surface area contributed by atoms with Gasteiger partial charge in [0, 0.05) is 3.57 Å². The number of aromatic hydroxyl groups is 1. The summed E-state index contributed by atoms with van der Waals surface area (Å²) in [4.78, 5) is 25.5. The number of hydrogen-bond donors (Lipinski definition) is 2. The number of aromatic amines is 1. The second-order valence-corrected chi connectivity index (χ2v) is 4.98. The Morgan fingerprint density at radius 3 is 2.72 bits per heavy atom. The first-order chi connectivity index (χ1) is 8.54. The van der Waals surface area contributed by atoms with E-state index in [1.807, 2.05) is 6.07 Å². The maximum absolute atomic E-state index is 11.8. The molecule has 0 spiro atoms. The van der Waals surface area contributed by atoms with Gasteiger partial charge in [-0.1, -0.05) is 13.0 Å². The van der Waals surface area contributed by atoms with Gasteiger partial charge < -0.3 is 5.11 Å². The van der Waals surface area contributed by atoms with Gasteiger partial charge in [-0.05, 0) is 47.2 Å². The van der Waals surface area contributed by atoms with Crippen molar-refractivity contribution in [2.75, 3.05) is 0 Å². The van der Waals surface area contributed by atoms with Gasteiger partial charge in [0.2, 0.25) is 5.88 Å². The minimum Gasteiger partial charge on any atom is -0.494 e. The van der Waals surface area contributed by atoms with Crippen LogP contribution < -0.4 is 11.2 Å². The highest BCUT2D eigenvalue weighted by Crippen LogP contribution is 2.18. The van der Waals surface area contributed by atoms with Crippen LogP contribution in [0.4, 0.5) is 0 Å². The number of aromatic nitrogens is 2. The van der Waals surface area contributed by atoms with Crippen molar-refractivity contribution in [2.45, 2.75) is 13.3 Å². The van der Waals surface area contributed by atoms with Gasteiger partial charge in [-0.2, -0.15) is 0 Å². The molecule has 1 aromatic carbocycles. The summed E-state index contributed by atoms with van der Waals surface area (Å²) in [5.74, 6) is -0.298. The van der Waals surface area contributed by atoms with Crippen LogP contribution in [0, 0.1) is 3.57 Å². The average Bonchev–Trinajstić information content (AvgIpc) is 2.28. The minimum absolute atomic E-state index is 0.202. The molecule has 94 valence electrons. The van der Waals surface area contributed by atoms with E-state index in [2.05, 4.69) is 27.6 Å². The molecule has 0 aliphatic heterocycles. The fourth-order valence-electron chi connectivity index (χ4n) is 1.73. The summed E-state index contributed by atoms with van der Waals surface area (Å²) in [5, 5.41) is 10.0. The van der Waals surface area contributed by atoms with E-state index < -0.39 is 11.2 Å². The fraction of sp³-hybridized carbons (Fsp3) is 0.167. The Balaban J connectivity index is 2.80. The zero-order chi connectivity index (χ0) is 13.3. The van der Waals surface area contributed by atoms with Crippen LogP contribution in [-0.4, -0.2) is 14.7 Å². The molecule has 0 fully saturated rings. The van der Waals surface area contributed by atoms with Gasteiger partial charge in [-0.3, -0.25) is 9.78 Å². The van der Waals surface area contributed by atoms with Crippen molar-refractivity contribution >= 4 is 22.6 Å². The van der Waals surface area contributed by atoms with E-state index in [1.165, 1.54) is 0 Å². The van der Waals surface area contributed by atoms with E-state index in [-0.39, 0.29) is 11.4 Å². The lowest BCUT2D eigenvalue weighted by Crippen LogP contribution is -2.31. The largest absolute Gasteiger partial charge is 0.494 e. The second-order valence-electron chi connectivity index (χ2n) is 3.73. The van der Waals surface area contributed by atoms with Gasteiger partial charge in [0.15, 0.2) is 0 Å². The van der Waals surface area contributed by atoms with E-state index in [9.17, 15) is 14.7 Å². The van der Waals surface area contributed by atoms with Crippen molar-refractivity contribution in [3.05, 3.63) is 54.2 Å². The Morgan fingerprint density at radius 2 is 2.11 bits per heavy atom. The molecule has 0 amide bonds. The molecule has 0 aliphatic carbocycles. The molecule has 18 heavy (non-hydrogen) atoms. The predicted molar refractivity (Wildman–Crippen MR) is 76.4 cm³/mol. The third-order valence-corrected chi connectivity index (χ3v) is 3.27. The first kappa shape index (κ1) is 12.9. The third-order valence-electron chi connectivity index (χ3n) is 2.60. The second kappa shape index (κ2) is 4.97. The molecule has 6 heteroatoms. The topological polar surface area (TPSA) is 75.1 Å². The van der Waals surface area contributed by atoms with Gasteiger partial charge in [-0.25, -0.2) is 9.36 Å². The maximum atomic E-state index is 11.8. The third kappa shape index (κ3) is 2.20. The minimum atomic E-state index is -0.642. The molecular weight excluding hydrogens is 347 g/mol. The lowest BCUT2D eigenvalue weighted by Gasteiger charge is -2.10. The van der Waals surface area contributed by atoms with Crippen LogP contribution in [0.25, 0.3) is 5.69 Å². The summed E-state index contributed by atoms with van der Waals surface area (Å²) in [6.45, 7) is 1.74. The molecule has 0 saturated carbocycles. The maximum Gasteiger partial charge on any atom is 0.335 e. The zero-order valence-electron chi connectivity index (χ0n) is 9.61. The van der Waals surface area contributed by atoms with Crippen molar-refractivity contribution in [2.24, 2.45) is 0 Å². The number of benzene rings is 1. The van der Waals surface area contributed by atoms with Crippen molar-refractivity contribution in [1.82, 2.24) is 9.55 Å². The summed E-state index contributed by atoms with van der Waals surface area (Å²) in [5.41, 5.74) is -0.456. The Morgan fingerprint density at radius 1 is 1.39 bits per heavy atom. The quantitative estimate of drug-likeness (QED) is 0.797. The van der Waals surface area contributed by atoms with Crippen LogP contribution in [-0.2, 0) is 6.42 Å². The number of hydrogen-bond acceptors (Lipinski definition) is 3. The summed E-state index contributed by atoms with van der Waals surface area (Å²) in [7, 11) is 0. The summed E-state index contributed by atoms with van der Waals surface area (Å²) >= 11 is 2.11. The Hall–Kier alpha value is -1.57. The highest BCUT2D eigenvalue weighted by molar-refractivity contribution is 14.1. The first-order valence-corrected chi connectivity index (χ1v) is 6.45. The highest BCUT2D eigenvalue weighted by Gasteiger charge is 2.13. The monoisotopic (exact) mass is 358 g/mol. The zero-order valence-corrected chi connectivity index (χ0v) is 11.8. The lowest BCUT2D eigenvalue weighted by molar-refractivity contribution is 0.423. The van der Waals surface area contributed by atoms with Crippen LogP contribution in [0.15, 0.2) is 33.9 Å². The summed E-state index contributed by atoms with van der Waals surface area (Å²) in [6, 6.07) is 7.10. The van der Waals surface area contributed by atoms with E-state index >= 15 is 0 Å². The Kier molecular flexibility index (Phi) is 3.55. The van der Waals surface area contributed by atoms with Crippen LogP contribution in [0.1, 0.15) is 12.5 Å². The van der Waals surface area contributed by atoms with Gasteiger partial charge >= 0.3 is 5.69 Å². The van der Waals surface area contributed by atoms with Crippen LogP contribution in [0.3, 0.4) is 0 Å². The van der Waals surface area contributed by atoms with Crippen LogP contribution >= 0.6 is 22.6 Å². The van der Waals surface area contributed by atoms with E-state index in [1.54, 1.807) is 25.1 Å². The molecule has 1 aromatic heterocycles. The summed E-state index contributed by atoms with van der Waals surface area (Å²) in [6.07, 6.45) is 0.353. The molecule has 0 radical (unpaired) electrons. The first-order valence-electron chi connectivity index (χ1n) is 5.37. The molecule has 0 saturated heterocycles. The number of nitrogens with zero attached hydrogens (tertiary/aromatic N) is 1. The van der Waals surface area contributed by atoms with Gasteiger partial charge in [-0.15, -0.1) is 0 Å². The van der Waals surface area contributed by atoms with E-state index in [0.717, 1.165) is 8.14 Å². The molecule has 2 N–H and O–H groups in total. The number of halogens is 1. The Bertz CT molecular complexity index is 703. The highest BCUT2D eigenvalue weighted by atomic mass is 127. The number of rotatable bonds is 2. The molecule has 2 rings (SSSR count). The van der Waals surface area contributed by atoms with Crippen LogP contribution in [0.2, 0.25) is 0 Å². The molecule has 0 unspecified atom stereocenters. The normalized spacial score (nSPS) is 10.6. The smallest absolute Gasteiger partial charge is 0.335 e. The lowest BCUT2D eigenvalue weighted by atomic mass is 10.2. The van der Waals surface area contributed by atoms with Crippen molar-refractivity contribution in [3.8, 4) is 11.6 Å². The van der Waals surface area contributed by atoms with E-state index in [4.69, 9.17) is 0 Å². The molecule has 0 bridgehead atoms. The van der Waals surface area contributed by atoms with Gasteiger partial charge in [0.25, 0.3) is 5.56 Å². The Labute approximate surface area is 116 Å². The number of nitrogens with one attached hydrogen (secondary N) is 1. The van der Waals surface area contributed by atoms with Crippen LogP contribution in [0.5, 0.6) is 5.88 Å². The number of H-pyrrole nitrogens is 1. The average molecular weight is 358 g/mol. The molecule has 0 atom stereocenters. The molecule has 2 aromatic rings. The molecular formula is C12H11IN2O3. The molecule has 1 heterocycles. The molecule has 5 nitrogen and oxygen atoms in total. The fourth-order valence-corrected chi connectivity index (χ4v) is 2.26. The van der Waals surface area contributed by atoms with Crippen molar-refractivity contribution in [3.63, 3.8) is 0 Å².